The van der Waals surface area contributed by atoms with Crippen LogP contribution in [0.2, 0.25) is 0 Å². The van der Waals surface area contributed by atoms with Crippen molar-refractivity contribution in [3.05, 3.63) is 29.3 Å². The molecular weight excluding hydrogens is 380 g/mol. The lowest BCUT2D eigenvalue weighted by molar-refractivity contribution is -0.139. The lowest BCUT2D eigenvalue weighted by Gasteiger charge is -2.37. The van der Waals surface area contributed by atoms with Crippen molar-refractivity contribution in [2.45, 2.75) is 58.9 Å². The van der Waals surface area contributed by atoms with Crippen LogP contribution < -0.4 is 10.2 Å². The largest absolute Gasteiger partial charge is 0.368 e. The topological polar surface area (TPSA) is 73.0 Å². The Morgan fingerprint density at radius 3 is 2.27 bits per heavy atom. The zero-order chi connectivity index (χ0) is 21.9. The summed E-state index contributed by atoms with van der Waals surface area (Å²) in [6.45, 7) is 10.7. The molecule has 2 aliphatic heterocycles. The van der Waals surface area contributed by atoms with E-state index in [9.17, 15) is 14.4 Å². The maximum absolute atomic E-state index is 13.0. The second kappa shape index (κ2) is 9.06. The van der Waals surface area contributed by atoms with Crippen LogP contribution in [0.5, 0.6) is 0 Å². The van der Waals surface area contributed by atoms with Crippen molar-refractivity contribution in [1.29, 1.82) is 0 Å². The van der Waals surface area contributed by atoms with Gasteiger partial charge in [0, 0.05) is 31.9 Å². The third kappa shape index (κ3) is 4.16. The van der Waals surface area contributed by atoms with Crippen molar-refractivity contribution >= 4 is 23.5 Å². The van der Waals surface area contributed by atoms with E-state index in [0.29, 0.717) is 25.9 Å². The Balaban J connectivity index is 1.61. The van der Waals surface area contributed by atoms with E-state index >= 15 is 0 Å². The molecule has 2 aliphatic rings. The Hall–Kier alpha value is -2.57. The van der Waals surface area contributed by atoms with E-state index in [0.717, 1.165) is 30.8 Å². The Bertz CT molecular complexity index is 809. The van der Waals surface area contributed by atoms with Crippen LogP contribution >= 0.6 is 0 Å². The Kier molecular flexibility index (Phi) is 6.68. The normalized spacial score (nSPS) is 18.7. The Morgan fingerprint density at radius 1 is 1.03 bits per heavy atom. The lowest BCUT2D eigenvalue weighted by atomic mass is 9.88. The van der Waals surface area contributed by atoms with Gasteiger partial charge < -0.3 is 15.1 Å². The fourth-order valence-electron chi connectivity index (χ4n) is 4.65. The molecule has 2 heterocycles. The van der Waals surface area contributed by atoms with Gasteiger partial charge in [0.05, 0.1) is 0 Å². The number of hydrogen-bond acceptors (Lipinski definition) is 4. The number of carbonyl (C=O) groups is 3. The van der Waals surface area contributed by atoms with Crippen molar-refractivity contribution < 1.29 is 14.4 Å². The first-order chi connectivity index (χ1) is 14.3. The van der Waals surface area contributed by atoms with Gasteiger partial charge in [-0.1, -0.05) is 38.8 Å². The standard InChI is InChI=1S/C23H34N4O3/c1-5-10-23(11-6-2)21(29)27(22(30)24-23)16-20(28)26-14-12-25(13-15-26)19-9-7-8-17(3)18(19)4/h7-9H,5-6,10-16H2,1-4H3,(H,24,30). The molecule has 1 aromatic rings. The highest BCUT2D eigenvalue weighted by molar-refractivity contribution is 6.09. The molecule has 0 aliphatic carbocycles. The minimum atomic E-state index is -0.845. The molecule has 0 spiro atoms. The summed E-state index contributed by atoms with van der Waals surface area (Å²) in [6, 6.07) is 5.84. The second-order valence-corrected chi connectivity index (χ2v) is 8.49. The van der Waals surface area contributed by atoms with Crippen LogP contribution in [0.4, 0.5) is 10.5 Å². The van der Waals surface area contributed by atoms with Crippen LogP contribution in [-0.4, -0.2) is 65.9 Å². The van der Waals surface area contributed by atoms with E-state index < -0.39 is 11.6 Å². The summed E-state index contributed by atoms with van der Waals surface area (Å²) in [6.07, 6.45) is 2.80. The molecule has 4 amide bonds. The molecule has 0 bridgehead atoms. The second-order valence-electron chi connectivity index (χ2n) is 8.49. The van der Waals surface area contributed by atoms with E-state index in [4.69, 9.17) is 0 Å². The molecule has 30 heavy (non-hydrogen) atoms. The summed E-state index contributed by atoms with van der Waals surface area (Å²) >= 11 is 0. The molecule has 0 saturated carbocycles. The minimum absolute atomic E-state index is 0.164. The average Bonchev–Trinajstić information content (AvgIpc) is 2.95. The van der Waals surface area contributed by atoms with Crippen molar-refractivity contribution in [3.8, 4) is 0 Å². The van der Waals surface area contributed by atoms with Gasteiger partial charge in [-0.2, -0.15) is 0 Å². The molecule has 1 aromatic carbocycles. The molecule has 164 valence electrons. The highest BCUT2D eigenvalue weighted by Gasteiger charge is 2.50. The summed E-state index contributed by atoms with van der Waals surface area (Å²) < 4.78 is 0. The highest BCUT2D eigenvalue weighted by Crippen LogP contribution is 2.28. The number of benzene rings is 1. The zero-order valence-corrected chi connectivity index (χ0v) is 18.7. The van der Waals surface area contributed by atoms with E-state index in [1.165, 1.54) is 16.8 Å². The van der Waals surface area contributed by atoms with Crippen LogP contribution in [0.25, 0.3) is 0 Å². The van der Waals surface area contributed by atoms with Crippen LogP contribution in [0.1, 0.15) is 50.7 Å². The molecule has 3 rings (SSSR count). The summed E-state index contributed by atoms with van der Waals surface area (Å²) in [4.78, 5) is 43.5. The van der Waals surface area contributed by atoms with Gasteiger partial charge in [0.2, 0.25) is 5.91 Å². The number of nitrogens with zero attached hydrogens (tertiary/aromatic N) is 3. The summed E-state index contributed by atoms with van der Waals surface area (Å²) in [5, 5.41) is 2.88. The predicted molar refractivity (Wildman–Crippen MR) is 118 cm³/mol. The Labute approximate surface area is 179 Å². The SMILES string of the molecule is CCCC1(CCC)NC(=O)N(CC(=O)N2CCN(c3cccc(C)c3C)CC2)C1=O. The minimum Gasteiger partial charge on any atom is -0.368 e. The maximum atomic E-state index is 13.0. The first-order valence-corrected chi connectivity index (χ1v) is 11.1. The Morgan fingerprint density at radius 2 is 1.67 bits per heavy atom. The van der Waals surface area contributed by atoms with Gasteiger partial charge in [0.15, 0.2) is 0 Å². The maximum Gasteiger partial charge on any atom is 0.325 e. The van der Waals surface area contributed by atoms with Crippen LogP contribution in [-0.2, 0) is 9.59 Å². The first-order valence-electron chi connectivity index (χ1n) is 11.1. The molecule has 0 aromatic heterocycles. The van der Waals surface area contributed by atoms with Gasteiger partial charge in [0.25, 0.3) is 5.91 Å². The number of carbonyl (C=O) groups excluding carboxylic acids is 3. The van der Waals surface area contributed by atoms with Gasteiger partial charge in [-0.05, 0) is 43.9 Å². The number of urea groups is 1. The molecule has 1 N–H and O–H groups in total. The lowest BCUT2D eigenvalue weighted by Crippen LogP contribution is -2.52. The number of imide groups is 1. The fourth-order valence-corrected chi connectivity index (χ4v) is 4.65. The number of amides is 4. The molecular formula is C23H34N4O3. The monoisotopic (exact) mass is 414 g/mol. The smallest absolute Gasteiger partial charge is 0.325 e. The number of hydrogen-bond donors (Lipinski definition) is 1. The highest BCUT2D eigenvalue weighted by atomic mass is 16.2. The predicted octanol–water partition coefficient (Wildman–Crippen LogP) is 2.84. The molecule has 7 heteroatoms. The third-order valence-corrected chi connectivity index (χ3v) is 6.44. The van der Waals surface area contributed by atoms with E-state index in [-0.39, 0.29) is 18.4 Å². The van der Waals surface area contributed by atoms with Crippen molar-refractivity contribution in [3.63, 3.8) is 0 Å². The fraction of sp³-hybridized carbons (Fsp3) is 0.609. The molecule has 7 nitrogen and oxygen atoms in total. The summed E-state index contributed by atoms with van der Waals surface area (Å²) in [5.41, 5.74) is 2.88. The average molecular weight is 415 g/mol. The number of piperazine rings is 1. The van der Waals surface area contributed by atoms with E-state index in [2.05, 4.69) is 42.3 Å². The number of anilines is 1. The molecule has 0 unspecified atom stereocenters. The summed E-state index contributed by atoms with van der Waals surface area (Å²) in [7, 11) is 0. The molecule has 2 fully saturated rings. The van der Waals surface area contributed by atoms with E-state index in [1.54, 1.807) is 4.90 Å². The summed E-state index contributed by atoms with van der Waals surface area (Å²) in [5.74, 6) is -0.415. The van der Waals surface area contributed by atoms with Crippen LogP contribution in [0, 0.1) is 13.8 Å². The van der Waals surface area contributed by atoms with Gasteiger partial charge in [-0.25, -0.2) is 4.79 Å². The number of aryl methyl sites for hydroxylation is 1. The van der Waals surface area contributed by atoms with Crippen molar-refractivity contribution in [2.75, 3.05) is 37.6 Å². The van der Waals surface area contributed by atoms with Crippen molar-refractivity contribution in [2.24, 2.45) is 0 Å². The molecule has 2 saturated heterocycles. The van der Waals surface area contributed by atoms with Crippen LogP contribution in [0.15, 0.2) is 18.2 Å². The van der Waals surface area contributed by atoms with Gasteiger partial charge in [-0.3, -0.25) is 14.5 Å². The van der Waals surface area contributed by atoms with Gasteiger partial charge in [0.1, 0.15) is 12.1 Å². The number of rotatable bonds is 7. The van der Waals surface area contributed by atoms with E-state index in [1.807, 2.05) is 13.8 Å². The zero-order valence-electron chi connectivity index (χ0n) is 18.7. The third-order valence-electron chi connectivity index (χ3n) is 6.44. The van der Waals surface area contributed by atoms with Crippen molar-refractivity contribution in [1.82, 2.24) is 15.1 Å². The molecule has 0 radical (unpaired) electrons. The van der Waals surface area contributed by atoms with Gasteiger partial charge in [-0.15, -0.1) is 0 Å². The molecule has 0 atom stereocenters. The van der Waals surface area contributed by atoms with Crippen LogP contribution in [0.3, 0.4) is 0 Å². The number of nitrogens with one attached hydrogen (secondary N) is 1. The first kappa shape index (κ1) is 22.1. The quantitative estimate of drug-likeness (QED) is 0.697. The van der Waals surface area contributed by atoms with Gasteiger partial charge >= 0.3 is 6.03 Å².